The number of rotatable bonds is 3. The third-order valence-corrected chi connectivity index (χ3v) is 3.68. The molecular weight excluding hydrogens is 309 g/mol. The van der Waals surface area contributed by atoms with Crippen LogP contribution in [-0.4, -0.2) is 21.6 Å². The zero-order valence-corrected chi connectivity index (χ0v) is 13.1. The second-order valence-corrected chi connectivity index (χ2v) is 5.65. The number of methoxy groups -OCH3 is 1. The third-order valence-electron chi connectivity index (χ3n) is 3.19. The molecule has 1 aromatic carbocycles. The fraction of sp³-hybridized carbons (Fsp3) is 0.200. The minimum Gasteiger partial charge on any atom is -0.495 e. The molecular formula is C15H13Cl2N3O. The van der Waals surface area contributed by atoms with Crippen molar-refractivity contribution in [1.82, 2.24) is 14.5 Å². The van der Waals surface area contributed by atoms with Crippen LogP contribution in [0.15, 0.2) is 36.5 Å². The number of hydrogen-bond donors (Lipinski definition) is 0. The summed E-state index contributed by atoms with van der Waals surface area (Å²) >= 11 is 12.5. The monoisotopic (exact) mass is 321 g/mol. The van der Waals surface area contributed by atoms with Gasteiger partial charge in [-0.25, -0.2) is 9.97 Å². The summed E-state index contributed by atoms with van der Waals surface area (Å²) in [6.45, 7) is 1.88. The molecule has 1 atom stereocenters. The number of aromatic nitrogens is 3. The summed E-state index contributed by atoms with van der Waals surface area (Å²) in [6, 6.07) is 9.30. The average molecular weight is 322 g/mol. The van der Waals surface area contributed by atoms with Gasteiger partial charge in [-0.3, -0.25) is 4.57 Å². The molecule has 108 valence electrons. The van der Waals surface area contributed by atoms with Gasteiger partial charge in [-0.15, -0.1) is 11.6 Å². The molecule has 0 bridgehead atoms. The maximum atomic E-state index is 6.26. The summed E-state index contributed by atoms with van der Waals surface area (Å²) in [4.78, 5) is 8.96. The zero-order chi connectivity index (χ0) is 15.0. The molecule has 6 heteroatoms. The summed E-state index contributed by atoms with van der Waals surface area (Å²) in [6.07, 6.45) is 1.73. The van der Waals surface area contributed by atoms with Gasteiger partial charge in [0.05, 0.1) is 23.2 Å². The van der Waals surface area contributed by atoms with Crippen LogP contribution in [0.1, 0.15) is 18.1 Å². The van der Waals surface area contributed by atoms with Crippen LogP contribution < -0.4 is 4.74 Å². The van der Waals surface area contributed by atoms with Gasteiger partial charge in [0, 0.05) is 6.20 Å². The van der Waals surface area contributed by atoms with E-state index in [9.17, 15) is 0 Å². The first-order chi connectivity index (χ1) is 10.1. The summed E-state index contributed by atoms with van der Waals surface area (Å²) in [5, 5.41) is 0.279. The van der Waals surface area contributed by atoms with Crippen LogP contribution in [0.4, 0.5) is 0 Å². The third kappa shape index (κ3) is 2.45. The molecule has 4 nitrogen and oxygen atoms in total. The fourth-order valence-electron chi connectivity index (χ4n) is 2.25. The van der Waals surface area contributed by atoms with E-state index in [0.717, 1.165) is 22.7 Å². The van der Waals surface area contributed by atoms with E-state index >= 15 is 0 Å². The molecule has 2 aromatic heterocycles. The van der Waals surface area contributed by atoms with Gasteiger partial charge in [-0.2, -0.15) is 0 Å². The summed E-state index contributed by atoms with van der Waals surface area (Å²) in [7, 11) is 1.58. The second kappa shape index (κ2) is 5.54. The summed E-state index contributed by atoms with van der Waals surface area (Å²) in [5.41, 5.74) is 2.40. The number of hydrogen-bond acceptors (Lipinski definition) is 3. The normalized spacial score (nSPS) is 12.6. The summed E-state index contributed by atoms with van der Waals surface area (Å²) in [5.74, 6) is 1.35. The van der Waals surface area contributed by atoms with Crippen LogP contribution in [0, 0.1) is 0 Å². The highest BCUT2D eigenvalue weighted by Gasteiger charge is 2.17. The van der Waals surface area contributed by atoms with Crippen LogP contribution in [0.3, 0.4) is 0 Å². The molecule has 0 fully saturated rings. The van der Waals surface area contributed by atoms with E-state index in [1.165, 1.54) is 0 Å². The number of alkyl halides is 1. The Balaban J connectivity index is 2.27. The molecule has 21 heavy (non-hydrogen) atoms. The highest BCUT2D eigenvalue weighted by atomic mass is 35.5. The van der Waals surface area contributed by atoms with Gasteiger partial charge in [0.25, 0.3) is 0 Å². The van der Waals surface area contributed by atoms with Crippen molar-refractivity contribution in [2.45, 2.75) is 12.3 Å². The molecule has 1 unspecified atom stereocenters. The Bertz CT molecular complexity index is 799. The molecule has 0 N–H and O–H groups in total. The average Bonchev–Trinajstić information content (AvgIpc) is 2.86. The van der Waals surface area contributed by atoms with E-state index < -0.39 is 0 Å². The Kier molecular flexibility index (Phi) is 3.74. The van der Waals surface area contributed by atoms with E-state index in [4.69, 9.17) is 27.9 Å². The van der Waals surface area contributed by atoms with Gasteiger partial charge in [0.2, 0.25) is 0 Å². The lowest BCUT2D eigenvalue weighted by Crippen LogP contribution is -2.03. The molecule has 0 amide bonds. The Hall–Kier alpha value is -1.78. The Morgan fingerprint density at radius 3 is 2.76 bits per heavy atom. The largest absolute Gasteiger partial charge is 0.495 e. The van der Waals surface area contributed by atoms with Crippen LogP contribution in [0.5, 0.6) is 5.75 Å². The lowest BCUT2D eigenvalue weighted by Gasteiger charge is -2.11. The van der Waals surface area contributed by atoms with Crippen LogP contribution in [0.2, 0.25) is 5.02 Å². The SMILES string of the molecule is COc1ccc(-n2c(C(C)Cl)nc3cccnc32)cc1Cl. The highest BCUT2D eigenvalue weighted by molar-refractivity contribution is 6.32. The maximum Gasteiger partial charge on any atom is 0.164 e. The van der Waals surface area contributed by atoms with E-state index in [1.807, 2.05) is 41.8 Å². The number of imidazole rings is 1. The van der Waals surface area contributed by atoms with Crippen LogP contribution >= 0.6 is 23.2 Å². The molecule has 0 radical (unpaired) electrons. The lowest BCUT2D eigenvalue weighted by molar-refractivity contribution is 0.415. The van der Waals surface area contributed by atoms with Gasteiger partial charge in [-0.05, 0) is 37.3 Å². The van der Waals surface area contributed by atoms with Crippen molar-refractivity contribution in [3.8, 4) is 11.4 Å². The Morgan fingerprint density at radius 2 is 2.10 bits per heavy atom. The number of ether oxygens (including phenoxy) is 1. The minimum atomic E-state index is -0.250. The zero-order valence-electron chi connectivity index (χ0n) is 11.5. The van der Waals surface area contributed by atoms with E-state index in [2.05, 4.69) is 9.97 Å². The standard InChI is InChI=1S/C15H13Cl2N3O/c1-9(16)14-19-12-4-3-7-18-15(12)20(14)10-5-6-13(21-2)11(17)8-10/h3-9H,1-2H3. The lowest BCUT2D eigenvalue weighted by atomic mass is 10.3. The predicted molar refractivity (Wildman–Crippen MR) is 84.7 cm³/mol. The topological polar surface area (TPSA) is 39.9 Å². The number of fused-ring (bicyclic) bond motifs is 1. The predicted octanol–water partition coefficient (Wildman–Crippen LogP) is 4.38. The van der Waals surface area contributed by atoms with Crippen LogP contribution in [0.25, 0.3) is 16.9 Å². The van der Waals surface area contributed by atoms with Crippen molar-refractivity contribution in [3.05, 3.63) is 47.4 Å². The number of pyridine rings is 1. The van der Waals surface area contributed by atoms with E-state index in [0.29, 0.717) is 10.8 Å². The van der Waals surface area contributed by atoms with Crippen LogP contribution in [-0.2, 0) is 0 Å². The van der Waals surface area contributed by atoms with E-state index in [1.54, 1.807) is 13.3 Å². The quantitative estimate of drug-likeness (QED) is 0.672. The van der Waals surface area contributed by atoms with Crippen molar-refractivity contribution in [1.29, 1.82) is 0 Å². The first-order valence-corrected chi connectivity index (χ1v) is 7.24. The molecule has 3 aromatic rings. The van der Waals surface area contributed by atoms with Gasteiger partial charge >= 0.3 is 0 Å². The molecule has 0 aliphatic heterocycles. The molecule has 0 aliphatic rings. The molecule has 0 saturated carbocycles. The van der Waals surface area contributed by atoms with Crippen molar-refractivity contribution in [2.24, 2.45) is 0 Å². The summed E-state index contributed by atoms with van der Waals surface area (Å²) < 4.78 is 7.10. The number of benzene rings is 1. The van der Waals surface area contributed by atoms with Gasteiger partial charge in [0.1, 0.15) is 17.1 Å². The molecule has 0 aliphatic carbocycles. The highest BCUT2D eigenvalue weighted by Crippen LogP contribution is 2.31. The fourth-order valence-corrected chi connectivity index (χ4v) is 2.64. The van der Waals surface area contributed by atoms with Crippen molar-refractivity contribution in [2.75, 3.05) is 7.11 Å². The Labute approximate surface area is 132 Å². The number of halogens is 2. The van der Waals surface area contributed by atoms with Gasteiger partial charge < -0.3 is 4.74 Å². The molecule has 3 rings (SSSR count). The smallest absolute Gasteiger partial charge is 0.164 e. The minimum absolute atomic E-state index is 0.250. The van der Waals surface area contributed by atoms with Gasteiger partial charge in [0.15, 0.2) is 5.65 Å². The van der Waals surface area contributed by atoms with Crippen molar-refractivity contribution < 1.29 is 4.74 Å². The molecule has 0 saturated heterocycles. The van der Waals surface area contributed by atoms with Crippen molar-refractivity contribution >= 4 is 34.4 Å². The Morgan fingerprint density at radius 1 is 1.29 bits per heavy atom. The van der Waals surface area contributed by atoms with Gasteiger partial charge in [-0.1, -0.05) is 11.6 Å². The number of nitrogens with zero attached hydrogens (tertiary/aromatic N) is 3. The second-order valence-electron chi connectivity index (χ2n) is 4.59. The first-order valence-electron chi connectivity index (χ1n) is 6.43. The first kappa shape index (κ1) is 14.2. The van der Waals surface area contributed by atoms with Crippen molar-refractivity contribution in [3.63, 3.8) is 0 Å². The molecule has 2 heterocycles. The molecule has 0 spiro atoms. The maximum absolute atomic E-state index is 6.26. The van der Waals surface area contributed by atoms with E-state index in [-0.39, 0.29) is 5.38 Å².